The Morgan fingerprint density at radius 3 is 2.71 bits per heavy atom. The van der Waals surface area contributed by atoms with Gasteiger partial charge in [-0.3, -0.25) is 4.79 Å². The van der Waals surface area contributed by atoms with Crippen molar-refractivity contribution in [1.82, 2.24) is 15.5 Å². The summed E-state index contributed by atoms with van der Waals surface area (Å²) >= 11 is 6.10. The molecule has 146 valence electrons. The molecule has 0 radical (unpaired) electrons. The number of carbonyl (C=O) groups excluding carboxylic acids is 1. The zero-order valence-corrected chi connectivity index (χ0v) is 16.2. The van der Waals surface area contributed by atoms with Gasteiger partial charge >= 0.3 is 0 Å². The van der Waals surface area contributed by atoms with Crippen LogP contribution in [0.5, 0.6) is 5.75 Å². The molecule has 3 aromatic rings. The van der Waals surface area contributed by atoms with E-state index in [0.29, 0.717) is 28.6 Å². The maximum atomic E-state index is 13.0. The Hall–Kier alpha value is -2.93. The molecule has 1 amide bonds. The standard InChI is InChI=1S/C20H19ClFN3O3/c1-12(20-24-19(25-28-20)14-5-7-15(22)8-6-14)23-18(26)10-4-13-3-9-17(27-2)16(21)11-13/h3,5-9,11-12H,4,10H2,1-2H3,(H,23,26). The van der Waals surface area contributed by atoms with Crippen LogP contribution in [0.25, 0.3) is 11.4 Å². The number of nitrogens with zero attached hydrogens (tertiary/aromatic N) is 2. The monoisotopic (exact) mass is 403 g/mol. The van der Waals surface area contributed by atoms with Gasteiger partial charge in [0.25, 0.3) is 0 Å². The van der Waals surface area contributed by atoms with Crippen LogP contribution in [0.15, 0.2) is 47.0 Å². The van der Waals surface area contributed by atoms with Crippen molar-refractivity contribution in [3.63, 3.8) is 0 Å². The molecule has 0 fully saturated rings. The van der Waals surface area contributed by atoms with Gasteiger partial charge in [-0.2, -0.15) is 4.98 Å². The molecular weight excluding hydrogens is 385 g/mol. The summed E-state index contributed by atoms with van der Waals surface area (Å²) in [6, 6.07) is 10.7. The molecule has 6 nitrogen and oxygen atoms in total. The van der Waals surface area contributed by atoms with E-state index >= 15 is 0 Å². The van der Waals surface area contributed by atoms with Gasteiger partial charge in [-0.25, -0.2) is 4.39 Å². The maximum Gasteiger partial charge on any atom is 0.249 e. The minimum absolute atomic E-state index is 0.152. The van der Waals surface area contributed by atoms with Gasteiger partial charge in [0.15, 0.2) is 0 Å². The van der Waals surface area contributed by atoms with E-state index in [0.717, 1.165) is 5.56 Å². The first-order valence-electron chi connectivity index (χ1n) is 8.67. The molecule has 0 aliphatic rings. The van der Waals surface area contributed by atoms with Crippen molar-refractivity contribution in [2.45, 2.75) is 25.8 Å². The molecule has 0 spiro atoms. The molecule has 1 aromatic heterocycles. The van der Waals surface area contributed by atoms with Crippen molar-refractivity contribution in [2.24, 2.45) is 0 Å². The first-order chi connectivity index (χ1) is 13.5. The van der Waals surface area contributed by atoms with Gasteiger partial charge in [0, 0.05) is 12.0 Å². The molecule has 1 atom stereocenters. The van der Waals surface area contributed by atoms with Crippen LogP contribution < -0.4 is 10.1 Å². The number of methoxy groups -OCH3 is 1. The second kappa shape index (κ2) is 8.84. The van der Waals surface area contributed by atoms with Crippen molar-refractivity contribution < 1.29 is 18.4 Å². The van der Waals surface area contributed by atoms with E-state index in [2.05, 4.69) is 15.5 Å². The van der Waals surface area contributed by atoms with Crippen molar-refractivity contribution in [3.8, 4) is 17.1 Å². The fraction of sp³-hybridized carbons (Fsp3) is 0.250. The van der Waals surface area contributed by atoms with Crippen molar-refractivity contribution >= 4 is 17.5 Å². The molecular formula is C20H19ClFN3O3. The number of carbonyl (C=O) groups is 1. The molecule has 2 aromatic carbocycles. The molecule has 0 aliphatic heterocycles. The fourth-order valence-corrected chi connectivity index (χ4v) is 2.91. The summed E-state index contributed by atoms with van der Waals surface area (Å²) in [5.41, 5.74) is 1.57. The quantitative estimate of drug-likeness (QED) is 0.634. The van der Waals surface area contributed by atoms with E-state index < -0.39 is 6.04 Å². The largest absolute Gasteiger partial charge is 0.495 e. The third-order valence-electron chi connectivity index (χ3n) is 4.15. The molecule has 1 N–H and O–H groups in total. The summed E-state index contributed by atoms with van der Waals surface area (Å²) in [7, 11) is 1.55. The molecule has 28 heavy (non-hydrogen) atoms. The molecule has 0 aliphatic carbocycles. The van der Waals surface area contributed by atoms with Crippen LogP contribution in [0, 0.1) is 5.82 Å². The lowest BCUT2D eigenvalue weighted by atomic mass is 10.1. The highest BCUT2D eigenvalue weighted by Crippen LogP contribution is 2.25. The highest BCUT2D eigenvalue weighted by atomic mass is 35.5. The Bertz CT molecular complexity index is 960. The summed E-state index contributed by atoms with van der Waals surface area (Å²) in [6.07, 6.45) is 0.818. The number of nitrogens with one attached hydrogen (secondary N) is 1. The summed E-state index contributed by atoms with van der Waals surface area (Å²) in [5.74, 6) is 0.716. The van der Waals surface area contributed by atoms with Gasteiger partial charge in [0.05, 0.1) is 12.1 Å². The smallest absolute Gasteiger partial charge is 0.249 e. The number of ether oxygens (including phenoxy) is 1. The molecule has 0 bridgehead atoms. The number of halogens is 2. The average molecular weight is 404 g/mol. The lowest BCUT2D eigenvalue weighted by molar-refractivity contribution is -0.121. The van der Waals surface area contributed by atoms with Crippen LogP contribution in [-0.2, 0) is 11.2 Å². The van der Waals surface area contributed by atoms with Crippen LogP contribution in [0.4, 0.5) is 4.39 Å². The highest BCUT2D eigenvalue weighted by Gasteiger charge is 2.17. The lowest BCUT2D eigenvalue weighted by Gasteiger charge is -2.10. The number of hydrogen-bond acceptors (Lipinski definition) is 5. The van der Waals surface area contributed by atoms with Gasteiger partial charge < -0.3 is 14.6 Å². The molecule has 1 heterocycles. The predicted molar refractivity (Wildman–Crippen MR) is 103 cm³/mol. The Labute approximate surface area is 166 Å². The second-order valence-electron chi connectivity index (χ2n) is 6.22. The Morgan fingerprint density at radius 1 is 1.29 bits per heavy atom. The lowest BCUT2D eigenvalue weighted by Crippen LogP contribution is -2.27. The van der Waals surface area contributed by atoms with E-state index in [9.17, 15) is 9.18 Å². The van der Waals surface area contributed by atoms with E-state index in [1.165, 1.54) is 12.1 Å². The third-order valence-corrected chi connectivity index (χ3v) is 4.44. The van der Waals surface area contributed by atoms with Crippen LogP contribution in [0.3, 0.4) is 0 Å². The predicted octanol–water partition coefficient (Wildman–Crippen LogP) is 4.35. The van der Waals surface area contributed by atoms with Gasteiger partial charge in [-0.05, 0) is 55.3 Å². The number of aryl methyl sites for hydroxylation is 1. The summed E-state index contributed by atoms with van der Waals surface area (Å²) < 4.78 is 23.3. The normalized spacial score (nSPS) is 11.9. The van der Waals surface area contributed by atoms with Gasteiger partial charge in [-0.1, -0.05) is 22.8 Å². The summed E-state index contributed by atoms with van der Waals surface area (Å²) in [5, 5.41) is 7.21. The molecule has 3 rings (SSSR count). The summed E-state index contributed by atoms with van der Waals surface area (Å²) in [6.45, 7) is 1.75. The SMILES string of the molecule is COc1ccc(CCC(=O)NC(C)c2nc(-c3ccc(F)cc3)no2)cc1Cl. The van der Waals surface area contributed by atoms with Crippen LogP contribution in [0.2, 0.25) is 5.02 Å². The molecule has 0 saturated carbocycles. The van der Waals surface area contributed by atoms with E-state index in [4.69, 9.17) is 20.9 Å². The highest BCUT2D eigenvalue weighted by molar-refractivity contribution is 6.32. The first kappa shape index (κ1) is 19.8. The number of amides is 1. The fourth-order valence-electron chi connectivity index (χ4n) is 2.63. The zero-order valence-electron chi connectivity index (χ0n) is 15.4. The topological polar surface area (TPSA) is 77.2 Å². The Balaban J connectivity index is 1.55. The minimum Gasteiger partial charge on any atom is -0.495 e. The van der Waals surface area contributed by atoms with Crippen molar-refractivity contribution in [2.75, 3.05) is 7.11 Å². The van der Waals surface area contributed by atoms with E-state index in [1.807, 2.05) is 6.07 Å². The molecule has 1 unspecified atom stereocenters. The number of benzene rings is 2. The van der Waals surface area contributed by atoms with Gasteiger partial charge in [0.1, 0.15) is 17.6 Å². The average Bonchev–Trinajstić information content (AvgIpc) is 3.17. The van der Waals surface area contributed by atoms with Crippen LogP contribution in [0.1, 0.15) is 30.8 Å². The Morgan fingerprint density at radius 2 is 2.04 bits per heavy atom. The minimum atomic E-state index is -0.450. The van der Waals surface area contributed by atoms with Gasteiger partial charge in [0.2, 0.25) is 17.6 Å². The maximum absolute atomic E-state index is 13.0. The number of hydrogen-bond donors (Lipinski definition) is 1. The Kier molecular flexibility index (Phi) is 6.26. The number of rotatable bonds is 7. The van der Waals surface area contributed by atoms with Crippen LogP contribution in [-0.4, -0.2) is 23.2 Å². The first-order valence-corrected chi connectivity index (χ1v) is 9.05. The second-order valence-corrected chi connectivity index (χ2v) is 6.63. The van der Waals surface area contributed by atoms with Gasteiger partial charge in [-0.15, -0.1) is 0 Å². The molecule has 8 heteroatoms. The van der Waals surface area contributed by atoms with E-state index in [-0.39, 0.29) is 24.0 Å². The van der Waals surface area contributed by atoms with Crippen LogP contribution >= 0.6 is 11.6 Å². The van der Waals surface area contributed by atoms with Crippen molar-refractivity contribution in [3.05, 3.63) is 64.8 Å². The summed E-state index contributed by atoms with van der Waals surface area (Å²) in [4.78, 5) is 16.5. The molecule has 0 saturated heterocycles. The third kappa shape index (κ3) is 4.86. The number of aromatic nitrogens is 2. The van der Waals surface area contributed by atoms with E-state index in [1.54, 1.807) is 38.3 Å². The van der Waals surface area contributed by atoms with Crippen molar-refractivity contribution in [1.29, 1.82) is 0 Å². The zero-order chi connectivity index (χ0) is 20.1.